The summed E-state index contributed by atoms with van der Waals surface area (Å²) in [7, 11) is 0. The van der Waals surface area contributed by atoms with Crippen molar-refractivity contribution in [3.8, 4) is 0 Å². The minimum atomic E-state index is 0.0989. The van der Waals surface area contributed by atoms with Crippen LogP contribution < -0.4 is 0 Å². The number of hydrogen-bond donors (Lipinski definition) is 0. The quantitative estimate of drug-likeness (QED) is 0.580. The maximum atomic E-state index is 6.23. The van der Waals surface area contributed by atoms with Gasteiger partial charge in [-0.05, 0) is 13.8 Å². The molecule has 4 aliphatic rings. The van der Waals surface area contributed by atoms with Crippen molar-refractivity contribution in [3.63, 3.8) is 0 Å². The van der Waals surface area contributed by atoms with Crippen LogP contribution in [0.15, 0.2) is 0 Å². The Labute approximate surface area is 132 Å². The van der Waals surface area contributed by atoms with Gasteiger partial charge in [0.15, 0.2) is 0 Å². The van der Waals surface area contributed by atoms with Crippen LogP contribution in [0.2, 0.25) is 0 Å². The first-order valence-electron chi connectivity index (χ1n) is 4.69. The van der Waals surface area contributed by atoms with E-state index in [1.54, 1.807) is 0 Å². The zero-order valence-corrected chi connectivity index (χ0v) is 15.0. The molecule has 0 unspecified atom stereocenters. The van der Waals surface area contributed by atoms with E-state index in [-0.39, 0.29) is 13.6 Å². The van der Waals surface area contributed by atoms with Crippen LogP contribution >= 0.6 is 93.8 Å². The Balaban J connectivity index is 2.06. The third-order valence-electron chi connectivity index (χ3n) is 2.37. The second kappa shape index (κ2) is 4.09. The molecular formula is C8H10Cl2S6. The van der Waals surface area contributed by atoms with E-state index in [4.69, 9.17) is 23.2 Å². The third kappa shape index (κ3) is 2.05. The maximum absolute atomic E-state index is 6.23. The number of thioether (sulfide) groups is 6. The molecule has 4 fully saturated rings. The zero-order chi connectivity index (χ0) is 11.7. The first kappa shape index (κ1) is 13.7. The molecule has 0 aliphatic carbocycles. The van der Waals surface area contributed by atoms with Crippen LogP contribution in [0.3, 0.4) is 0 Å². The van der Waals surface area contributed by atoms with E-state index < -0.39 is 0 Å². The van der Waals surface area contributed by atoms with Crippen LogP contribution in [0.1, 0.15) is 13.8 Å². The Kier molecular flexibility index (Phi) is 3.49. The van der Waals surface area contributed by atoms with Gasteiger partial charge in [0.1, 0.15) is 13.6 Å². The summed E-state index contributed by atoms with van der Waals surface area (Å²) in [6.07, 6.45) is 0. The van der Waals surface area contributed by atoms with Gasteiger partial charge in [-0.15, -0.1) is 93.8 Å². The lowest BCUT2D eigenvalue weighted by Crippen LogP contribution is -2.53. The van der Waals surface area contributed by atoms with E-state index in [9.17, 15) is 0 Å². The van der Waals surface area contributed by atoms with E-state index in [1.165, 1.54) is 0 Å². The highest BCUT2D eigenvalue weighted by Crippen LogP contribution is 2.88. The molecule has 0 saturated carbocycles. The molecule has 4 aliphatic heterocycles. The number of rotatable bonds is 2. The van der Waals surface area contributed by atoms with Gasteiger partial charge in [-0.25, -0.2) is 0 Å². The Morgan fingerprint density at radius 1 is 0.688 bits per heavy atom. The molecule has 0 aromatic rings. The van der Waals surface area contributed by atoms with Gasteiger partial charge < -0.3 is 0 Å². The second-order valence-electron chi connectivity index (χ2n) is 3.97. The van der Waals surface area contributed by atoms with Crippen molar-refractivity contribution in [2.24, 2.45) is 0 Å². The average Bonchev–Trinajstić information content (AvgIpc) is 2.12. The van der Waals surface area contributed by atoms with Crippen LogP contribution in [-0.4, -0.2) is 25.4 Å². The summed E-state index contributed by atoms with van der Waals surface area (Å²) < 4.78 is 0.615. The molecule has 0 nitrogen and oxygen atoms in total. The summed E-state index contributed by atoms with van der Waals surface area (Å²) >= 11 is 24.6. The molecule has 8 heteroatoms. The fourth-order valence-electron chi connectivity index (χ4n) is 2.12. The lowest BCUT2D eigenvalue weighted by atomic mass is 10.9. The van der Waals surface area contributed by atoms with Crippen molar-refractivity contribution < 1.29 is 0 Å². The number of alkyl halides is 2. The summed E-state index contributed by atoms with van der Waals surface area (Å²) in [5.41, 5.74) is 0. The van der Waals surface area contributed by atoms with Gasteiger partial charge in [-0.3, -0.25) is 0 Å². The van der Waals surface area contributed by atoms with Crippen LogP contribution in [0.25, 0.3) is 0 Å². The van der Waals surface area contributed by atoms with Crippen molar-refractivity contribution in [2.75, 3.05) is 11.8 Å². The normalized spacial score (nSPS) is 59.2. The molecule has 92 valence electrons. The molecule has 4 saturated heterocycles. The van der Waals surface area contributed by atoms with E-state index in [0.717, 1.165) is 0 Å². The molecule has 0 aromatic heterocycles. The molecule has 16 heavy (non-hydrogen) atoms. The van der Waals surface area contributed by atoms with Gasteiger partial charge in [0.2, 0.25) is 0 Å². The van der Waals surface area contributed by atoms with Gasteiger partial charge >= 0.3 is 0 Å². The average molecular weight is 369 g/mol. The van der Waals surface area contributed by atoms with Crippen molar-refractivity contribution in [2.45, 2.75) is 27.5 Å². The van der Waals surface area contributed by atoms with Gasteiger partial charge in [-0.1, -0.05) is 0 Å². The smallest absolute Gasteiger partial charge is 0.123 e. The molecule has 0 atom stereocenters. The Bertz CT molecular complexity index is 292. The van der Waals surface area contributed by atoms with Gasteiger partial charge in [0.25, 0.3) is 0 Å². The first-order chi connectivity index (χ1) is 7.36. The Hall–Kier alpha value is 2.68. The van der Waals surface area contributed by atoms with E-state index >= 15 is 0 Å². The maximum Gasteiger partial charge on any atom is 0.126 e. The lowest BCUT2D eigenvalue weighted by molar-refractivity contribution is 1.10. The monoisotopic (exact) mass is 368 g/mol. The standard InChI is InChI=1S/C8H10Cl2S6/c1-5-11-6(2)14-7(3-9,12-5)16-8(4-10,13-5)15-6/h3-4H2,1-2H3. The summed E-state index contributed by atoms with van der Waals surface area (Å²) in [6.45, 7) is 4.65. The minimum absolute atomic E-state index is 0.0989. The summed E-state index contributed by atoms with van der Waals surface area (Å²) in [5.74, 6) is 1.39. The predicted molar refractivity (Wildman–Crippen MR) is 89.3 cm³/mol. The summed E-state index contributed by atoms with van der Waals surface area (Å²) in [4.78, 5) is 0. The van der Waals surface area contributed by atoms with Crippen molar-refractivity contribution in [1.82, 2.24) is 0 Å². The highest BCUT2D eigenvalue weighted by atomic mass is 35.5. The molecule has 4 rings (SSSR count). The van der Waals surface area contributed by atoms with Gasteiger partial charge in [0.05, 0.1) is 11.8 Å². The Morgan fingerprint density at radius 2 is 1.06 bits per heavy atom. The van der Waals surface area contributed by atoms with Crippen LogP contribution in [-0.2, 0) is 0 Å². The molecule has 0 N–H and O–H groups in total. The van der Waals surface area contributed by atoms with Gasteiger partial charge in [0, 0.05) is 0 Å². The highest BCUT2D eigenvalue weighted by molar-refractivity contribution is 8.64. The molecule has 0 radical (unpaired) electrons. The largest absolute Gasteiger partial charge is 0.126 e. The molecular weight excluding hydrogens is 359 g/mol. The third-order valence-corrected chi connectivity index (χ3v) is 15.1. The highest BCUT2D eigenvalue weighted by Gasteiger charge is 2.69. The van der Waals surface area contributed by atoms with Crippen LogP contribution in [0, 0.1) is 0 Å². The van der Waals surface area contributed by atoms with Crippen LogP contribution in [0.5, 0.6) is 0 Å². The van der Waals surface area contributed by atoms with Gasteiger partial charge in [-0.2, -0.15) is 0 Å². The number of halogens is 2. The van der Waals surface area contributed by atoms with E-state index in [1.807, 2.05) is 58.8 Å². The number of hydrogen-bond acceptors (Lipinski definition) is 6. The summed E-state index contributed by atoms with van der Waals surface area (Å²) in [6, 6.07) is 0. The molecule has 4 bridgehead atoms. The van der Waals surface area contributed by atoms with Crippen LogP contribution in [0.4, 0.5) is 0 Å². The minimum Gasteiger partial charge on any atom is -0.123 e. The SMILES string of the molecule is CC12SC3(C)SC(CCl)(S1)SC(CCl)(S2)S3. The first-order valence-corrected chi connectivity index (χ1v) is 10.7. The van der Waals surface area contributed by atoms with Crippen molar-refractivity contribution >= 4 is 93.8 Å². The fourth-order valence-corrected chi connectivity index (χ4v) is 23.8. The fraction of sp³-hybridized carbons (Fsp3) is 1.00. The van der Waals surface area contributed by atoms with E-state index in [2.05, 4.69) is 25.6 Å². The van der Waals surface area contributed by atoms with Crippen molar-refractivity contribution in [1.29, 1.82) is 0 Å². The van der Waals surface area contributed by atoms with Crippen molar-refractivity contribution in [3.05, 3.63) is 0 Å². The predicted octanol–water partition coefficient (Wildman–Crippen LogP) is 5.56. The topological polar surface area (TPSA) is 0 Å². The molecule has 0 amide bonds. The second-order valence-corrected chi connectivity index (χ2v) is 17.9. The lowest BCUT2D eigenvalue weighted by Gasteiger charge is -2.65. The van der Waals surface area contributed by atoms with E-state index in [0.29, 0.717) is 11.8 Å². The Morgan fingerprint density at radius 3 is 1.38 bits per heavy atom. The summed E-state index contributed by atoms with van der Waals surface area (Å²) in [5, 5.41) is 0. The molecule has 4 heterocycles. The molecule has 0 spiro atoms. The molecule has 0 aromatic carbocycles. The zero-order valence-electron chi connectivity index (χ0n) is 8.62.